The van der Waals surface area contributed by atoms with Gasteiger partial charge in [0, 0.05) is 20.1 Å². The van der Waals surface area contributed by atoms with Crippen LogP contribution in [0, 0.1) is 5.41 Å². The number of furan rings is 1. The highest BCUT2D eigenvalue weighted by molar-refractivity contribution is 5.89. The van der Waals surface area contributed by atoms with E-state index in [0.717, 1.165) is 19.0 Å². The second-order valence-corrected chi connectivity index (χ2v) is 6.76. The number of carbonyl (C=O) groups is 1. The summed E-state index contributed by atoms with van der Waals surface area (Å²) in [5.74, 6) is 1.24. The van der Waals surface area contributed by atoms with Crippen molar-refractivity contribution >= 4 is 11.9 Å². The van der Waals surface area contributed by atoms with Gasteiger partial charge < -0.3 is 20.4 Å². The first-order valence-corrected chi connectivity index (χ1v) is 8.46. The quantitative estimate of drug-likeness (QED) is 0.660. The lowest BCUT2D eigenvalue weighted by molar-refractivity contribution is 0.0972. The van der Waals surface area contributed by atoms with Gasteiger partial charge in [-0.15, -0.1) is 0 Å². The number of amides is 1. The molecule has 0 bridgehead atoms. The van der Waals surface area contributed by atoms with E-state index in [1.165, 1.54) is 38.5 Å². The highest BCUT2D eigenvalue weighted by Gasteiger charge is 2.39. The third kappa shape index (κ3) is 3.51. The first-order chi connectivity index (χ1) is 11.1. The van der Waals surface area contributed by atoms with Crippen LogP contribution in [0.4, 0.5) is 0 Å². The molecular formula is C17H26N4O2. The zero-order chi connectivity index (χ0) is 16.3. The van der Waals surface area contributed by atoms with E-state index in [1.54, 1.807) is 12.1 Å². The lowest BCUT2D eigenvalue weighted by Gasteiger charge is -2.33. The average Bonchev–Trinajstić information content (AvgIpc) is 3.17. The molecule has 3 N–H and O–H groups in total. The molecule has 1 aliphatic carbocycles. The number of aliphatic imine (C=N–C) groups is 1. The molecule has 0 radical (unpaired) electrons. The van der Waals surface area contributed by atoms with Gasteiger partial charge in [0.25, 0.3) is 5.91 Å². The topological polar surface area (TPSA) is 83.9 Å². The minimum atomic E-state index is -0.542. The summed E-state index contributed by atoms with van der Waals surface area (Å²) in [5.41, 5.74) is 5.70. The standard InChI is InChI=1S/C17H26N4O2/c1-19-16(20-11-13-5-6-14(23-13)15(18)22)21-10-9-17(12-21)7-3-2-4-8-17/h5-6H,2-4,7-12H2,1H3,(H2,18,22)(H,19,20). The normalized spacial score (nSPS) is 20.9. The monoisotopic (exact) mass is 318 g/mol. The Morgan fingerprint density at radius 1 is 1.35 bits per heavy atom. The van der Waals surface area contributed by atoms with Crippen LogP contribution in [-0.2, 0) is 6.54 Å². The van der Waals surface area contributed by atoms with E-state index in [9.17, 15) is 4.79 Å². The molecule has 1 saturated carbocycles. The molecule has 0 atom stereocenters. The minimum absolute atomic E-state index is 0.194. The zero-order valence-electron chi connectivity index (χ0n) is 13.8. The maximum absolute atomic E-state index is 11.1. The Morgan fingerprint density at radius 3 is 2.78 bits per heavy atom. The maximum Gasteiger partial charge on any atom is 0.284 e. The number of primary amides is 1. The number of rotatable bonds is 3. The Bertz CT molecular complexity index is 587. The number of guanidine groups is 1. The smallest absolute Gasteiger partial charge is 0.284 e. The van der Waals surface area contributed by atoms with Crippen LogP contribution in [0.25, 0.3) is 0 Å². The van der Waals surface area contributed by atoms with Crippen molar-refractivity contribution in [3.63, 3.8) is 0 Å². The summed E-state index contributed by atoms with van der Waals surface area (Å²) in [7, 11) is 1.81. The van der Waals surface area contributed by atoms with Crippen LogP contribution in [0.3, 0.4) is 0 Å². The Balaban J connectivity index is 1.57. The van der Waals surface area contributed by atoms with Crippen molar-refractivity contribution in [2.75, 3.05) is 20.1 Å². The fraction of sp³-hybridized carbons (Fsp3) is 0.647. The van der Waals surface area contributed by atoms with Crippen LogP contribution < -0.4 is 11.1 Å². The fourth-order valence-electron chi connectivity index (χ4n) is 3.93. The molecule has 2 heterocycles. The van der Waals surface area contributed by atoms with Crippen LogP contribution in [0.5, 0.6) is 0 Å². The van der Waals surface area contributed by atoms with Gasteiger partial charge in [0.2, 0.25) is 0 Å². The number of hydrogen-bond acceptors (Lipinski definition) is 3. The van der Waals surface area contributed by atoms with Gasteiger partial charge in [0.05, 0.1) is 6.54 Å². The van der Waals surface area contributed by atoms with Gasteiger partial charge in [-0.05, 0) is 36.8 Å². The van der Waals surface area contributed by atoms with Crippen molar-refractivity contribution < 1.29 is 9.21 Å². The molecule has 1 aliphatic heterocycles. The van der Waals surface area contributed by atoms with E-state index < -0.39 is 5.91 Å². The SMILES string of the molecule is CN=C(NCc1ccc(C(N)=O)o1)N1CCC2(CCCCC2)C1. The van der Waals surface area contributed by atoms with E-state index in [2.05, 4.69) is 15.2 Å². The molecule has 6 nitrogen and oxygen atoms in total. The van der Waals surface area contributed by atoms with E-state index in [1.807, 2.05) is 7.05 Å². The van der Waals surface area contributed by atoms with Gasteiger partial charge in [-0.2, -0.15) is 0 Å². The summed E-state index contributed by atoms with van der Waals surface area (Å²) in [4.78, 5) is 17.8. The molecule has 0 aromatic carbocycles. The number of nitrogens with zero attached hydrogens (tertiary/aromatic N) is 2. The molecule has 3 rings (SSSR count). The van der Waals surface area contributed by atoms with Crippen molar-refractivity contribution in [1.82, 2.24) is 10.2 Å². The molecule has 1 amide bonds. The van der Waals surface area contributed by atoms with Gasteiger partial charge >= 0.3 is 0 Å². The Kier molecular flexibility index (Phi) is 4.59. The lowest BCUT2D eigenvalue weighted by Crippen LogP contribution is -2.41. The van der Waals surface area contributed by atoms with E-state index >= 15 is 0 Å². The Hall–Kier alpha value is -1.98. The zero-order valence-corrected chi connectivity index (χ0v) is 13.8. The molecule has 2 aliphatic rings. The molecule has 23 heavy (non-hydrogen) atoms. The number of nitrogens with two attached hydrogens (primary N) is 1. The van der Waals surface area contributed by atoms with E-state index in [-0.39, 0.29) is 5.76 Å². The van der Waals surface area contributed by atoms with Crippen LogP contribution in [-0.4, -0.2) is 36.9 Å². The highest BCUT2D eigenvalue weighted by atomic mass is 16.3. The highest BCUT2D eigenvalue weighted by Crippen LogP contribution is 2.43. The second-order valence-electron chi connectivity index (χ2n) is 6.76. The van der Waals surface area contributed by atoms with Crippen molar-refractivity contribution in [2.24, 2.45) is 16.1 Å². The summed E-state index contributed by atoms with van der Waals surface area (Å²) in [6, 6.07) is 3.38. The summed E-state index contributed by atoms with van der Waals surface area (Å²) in [6.45, 7) is 2.66. The van der Waals surface area contributed by atoms with E-state index in [0.29, 0.717) is 17.7 Å². The lowest BCUT2D eigenvalue weighted by atomic mass is 9.73. The maximum atomic E-state index is 11.1. The van der Waals surface area contributed by atoms with Crippen molar-refractivity contribution in [3.8, 4) is 0 Å². The first-order valence-electron chi connectivity index (χ1n) is 8.46. The number of hydrogen-bond donors (Lipinski definition) is 2. The first kappa shape index (κ1) is 15.9. The Morgan fingerprint density at radius 2 is 2.13 bits per heavy atom. The molecule has 1 spiro atoms. The van der Waals surface area contributed by atoms with Crippen LogP contribution in [0.2, 0.25) is 0 Å². The number of carbonyl (C=O) groups excluding carboxylic acids is 1. The molecule has 1 aromatic rings. The molecule has 1 saturated heterocycles. The van der Waals surface area contributed by atoms with Crippen LogP contribution in [0.1, 0.15) is 54.8 Å². The minimum Gasteiger partial charge on any atom is -0.454 e. The van der Waals surface area contributed by atoms with Gasteiger partial charge in [-0.3, -0.25) is 9.79 Å². The van der Waals surface area contributed by atoms with Gasteiger partial charge in [0.15, 0.2) is 11.7 Å². The molecule has 0 unspecified atom stereocenters. The van der Waals surface area contributed by atoms with Gasteiger partial charge in [-0.25, -0.2) is 0 Å². The largest absolute Gasteiger partial charge is 0.454 e. The number of nitrogens with one attached hydrogen (secondary N) is 1. The van der Waals surface area contributed by atoms with Crippen molar-refractivity contribution in [2.45, 2.75) is 45.1 Å². The number of likely N-dealkylation sites (tertiary alicyclic amines) is 1. The molecule has 126 valence electrons. The Labute approximate surface area is 137 Å². The molecular weight excluding hydrogens is 292 g/mol. The van der Waals surface area contributed by atoms with E-state index in [4.69, 9.17) is 10.2 Å². The average molecular weight is 318 g/mol. The fourth-order valence-corrected chi connectivity index (χ4v) is 3.93. The summed E-state index contributed by atoms with van der Waals surface area (Å²) < 4.78 is 5.40. The summed E-state index contributed by atoms with van der Waals surface area (Å²) >= 11 is 0. The summed E-state index contributed by atoms with van der Waals surface area (Å²) in [5, 5.41) is 3.33. The van der Waals surface area contributed by atoms with Crippen molar-refractivity contribution in [3.05, 3.63) is 23.7 Å². The van der Waals surface area contributed by atoms with Crippen LogP contribution >= 0.6 is 0 Å². The third-order valence-corrected chi connectivity index (χ3v) is 5.19. The molecule has 1 aromatic heterocycles. The van der Waals surface area contributed by atoms with Gasteiger partial charge in [0.1, 0.15) is 5.76 Å². The molecule has 6 heteroatoms. The third-order valence-electron chi connectivity index (χ3n) is 5.19. The predicted molar refractivity (Wildman–Crippen MR) is 89.1 cm³/mol. The second kappa shape index (κ2) is 6.64. The van der Waals surface area contributed by atoms with Crippen molar-refractivity contribution in [1.29, 1.82) is 0 Å². The predicted octanol–water partition coefficient (Wildman–Crippen LogP) is 2.11. The van der Waals surface area contributed by atoms with Crippen LogP contribution in [0.15, 0.2) is 21.5 Å². The van der Waals surface area contributed by atoms with Gasteiger partial charge in [-0.1, -0.05) is 19.3 Å². The molecule has 2 fully saturated rings. The summed E-state index contributed by atoms with van der Waals surface area (Å²) in [6.07, 6.45) is 8.07.